The van der Waals surface area contributed by atoms with Crippen LogP contribution < -0.4 is 0 Å². The zero-order valence-electron chi connectivity index (χ0n) is 12.0. The molecule has 0 unspecified atom stereocenters. The van der Waals surface area contributed by atoms with Gasteiger partial charge in [-0.3, -0.25) is 9.98 Å². The maximum absolute atomic E-state index is 4.65. The highest BCUT2D eigenvalue weighted by Gasteiger charge is 2.09. The van der Waals surface area contributed by atoms with Crippen LogP contribution in [0.3, 0.4) is 0 Å². The van der Waals surface area contributed by atoms with Crippen molar-refractivity contribution in [3.63, 3.8) is 0 Å². The summed E-state index contributed by atoms with van der Waals surface area (Å²) in [6.45, 7) is 8.65. The summed E-state index contributed by atoms with van der Waals surface area (Å²) in [4.78, 5) is 8.92. The molecule has 2 rings (SSSR count). The van der Waals surface area contributed by atoms with Crippen molar-refractivity contribution in [2.45, 2.75) is 33.6 Å². The van der Waals surface area contributed by atoms with Crippen molar-refractivity contribution < 1.29 is 0 Å². The zero-order valence-corrected chi connectivity index (χ0v) is 12.0. The van der Waals surface area contributed by atoms with Crippen molar-refractivity contribution in [2.24, 2.45) is 4.99 Å². The van der Waals surface area contributed by atoms with Crippen molar-refractivity contribution in [1.29, 1.82) is 0 Å². The SMILES string of the molecule is Cc1cc(C)c(N=Cc2ccccn2)c(C(C)C)c1. The van der Waals surface area contributed by atoms with Crippen molar-refractivity contribution >= 4 is 11.9 Å². The molecule has 2 aromatic rings. The minimum Gasteiger partial charge on any atom is -0.255 e. The van der Waals surface area contributed by atoms with Crippen LogP contribution in [0.15, 0.2) is 41.5 Å². The smallest absolute Gasteiger partial charge is 0.0812 e. The summed E-state index contributed by atoms with van der Waals surface area (Å²) in [5, 5.41) is 0. The summed E-state index contributed by atoms with van der Waals surface area (Å²) < 4.78 is 0. The number of aliphatic imine (C=N–C) groups is 1. The lowest BCUT2D eigenvalue weighted by atomic mass is 9.96. The van der Waals surface area contributed by atoms with E-state index >= 15 is 0 Å². The Hall–Kier alpha value is -1.96. The fourth-order valence-corrected chi connectivity index (χ4v) is 2.19. The number of rotatable bonds is 3. The van der Waals surface area contributed by atoms with Gasteiger partial charge in [0.05, 0.1) is 17.6 Å². The van der Waals surface area contributed by atoms with Crippen LogP contribution >= 0.6 is 0 Å². The lowest BCUT2D eigenvalue weighted by molar-refractivity contribution is 0.863. The lowest BCUT2D eigenvalue weighted by Gasteiger charge is -2.13. The lowest BCUT2D eigenvalue weighted by Crippen LogP contribution is -1.93. The van der Waals surface area contributed by atoms with Gasteiger partial charge in [0.25, 0.3) is 0 Å². The van der Waals surface area contributed by atoms with Crippen LogP contribution in [0.1, 0.15) is 42.1 Å². The fourth-order valence-electron chi connectivity index (χ4n) is 2.19. The number of pyridine rings is 1. The second-order valence-electron chi connectivity index (χ2n) is 5.19. The van der Waals surface area contributed by atoms with E-state index in [9.17, 15) is 0 Å². The van der Waals surface area contributed by atoms with Crippen LogP contribution in [0.25, 0.3) is 0 Å². The standard InChI is InChI=1S/C17H20N2/c1-12(2)16-10-13(3)9-14(4)17(16)19-11-15-7-5-6-8-18-15/h5-12H,1-4H3. The first-order valence-corrected chi connectivity index (χ1v) is 6.64. The third kappa shape index (κ3) is 3.28. The molecule has 1 heterocycles. The fraction of sp³-hybridized carbons (Fsp3) is 0.294. The van der Waals surface area contributed by atoms with Gasteiger partial charge in [-0.15, -0.1) is 0 Å². The van der Waals surface area contributed by atoms with Crippen molar-refractivity contribution in [3.05, 3.63) is 58.9 Å². The third-order valence-corrected chi connectivity index (χ3v) is 3.11. The number of nitrogens with zero attached hydrogens (tertiary/aromatic N) is 2. The highest BCUT2D eigenvalue weighted by Crippen LogP contribution is 2.31. The van der Waals surface area contributed by atoms with Crippen LogP contribution in [-0.2, 0) is 0 Å². The molecule has 0 spiro atoms. The number of hydrogen-bond donors (Lipinski definition) is 0. The molecule has 0 bridgehead atoms. The first-order chi connectivity index (χ1) is 9.08. The zero-order chi connectivity index (χ0) is 13.8. The van der Waals surface area contributed by atoms with E-state index in [1.807, 2.05) is 24.4 Å². The third-order valence-electron chi connectivity index (χ3n) is 3.11. The maximum Gasteiger partial charge on any atom is 0.0812 e. The van der Waals surface area contributed by atoms with Gasteiger partial charge in [-0.05, 0) is 43.0 Å². The van der Waals surface area contributed by atoms with Gasteiger partial charge in [0.15, 0.2) is 0 Å². The Kier molecular flexibility index (Phi) is 4.10. The molecule has 1 aromatic carbocycles. The Morgan fingerprint density at radius 3 is 2.58 bits per heavy atom. The van der Waals surface area contributed by atoms with E-state index in [2.05, 4.69) is 49.8 Å². The van der Waals surface area contributed by atoms with Crippen molar-refractivity contribution in [1.82, 2.24) is 4.98 Å². The number of hydrogen-bond acceptors (Lipinski definition) is 2. The van der Waals surface area contributed by atoms with Crippen LogP contribution in [0.2, 0.25) is 0 Å². The molecule has 19 heavy (non-hydrogen) atoms. The Labute approximate surface area is 115 Å². The van der Waals surface area contributed by atoms with Gasteiger partial charge in [0, 0.05) is 6.20 Å². The molecule has 0 aliphatic heterocycles. The van der Waals surface area contributed by atoms with Gasteiger partial charge in [-0.2, -0.15) is 0 Å². The average Bonchev–Trinajstić information content (AvgIpc) is 2.38. The molecule has 0 aliphatic rings. The molecule has 98 valence electrons. The molecule has 2 nitrogen and oxygen atoms in total. The highest BCUT2D eigenvalue weighted by atomic mass is 14.8. The van der Waals surface area contributed by atoms with E-state index in [1.165, 1.54) is 16.7 Å². The highest BCUT2D eigenvalue weighted by molar-refractivity contribution is 5.80. The first kappa shape index (κ1) is 13.5. The second kappa shape index (κ2) is 5.79. The average molecular weight is 252 g/mol. The van der Waals surface area contributed by atoms with Crippen LogP contribution in [0.5, 0.6) is 0 Å². The van der Waals surface area contributed by atoms with Crippen LogP contribution in [0.4, 0.5) is 5.69 Å². The largest absolute Gasteiger partial charge is 0.255 e. The summed E-state index contributed by atoms with van der Waals surface area (Å²) >= 11 is 0. The van der Waals surface area contributed by atoms with Crippen LogP contribution in [-0.4, -0.2) is 11.2 Å². The van der Waals surface area contributed by atoms with Gasteiger partial charge < -0.3 is 0 Å². The Morgan fingerprint density at radius 1 is 1.16 bits per heavy atom. The van der Waals surface area contributed by atoms with E-state index in [4.69, 9.17) is 0 Å². The molecule has 0 radical (unpaired) electrons. The molecular formula is C17H20N2. The minimum atomic E-state index is 0.467. The topological polar surface area (TPSA) is 25.2 Å². The minimum absolute atomic E-state index is 0.467. The maximum atomic E-state index is 4.65. The normalized spacial score (nSPS) is 11.4. The number of benzene rings is 1. The number of aromatic nitrogens is 1. The van der Waals surface area contributed by atoms with E-state index in [0.717, 1.165) is 11.4 Å². The van der Waals surface area contributed by atoms with E-state index < -0.39 is 0 Å². The molecule has 0 fully saturated rings. The van der Waals surface area contributed by atoms with Crippen molar-refractivity contribution in [3.8, 4) is 0 Å². The predicted octanol–water partition coefficient (Wildman–Crippen LogP) is 4.57. The van der Waals surface area contributed by atoms with Gasteiger partial charge in [0.1, 0.15) is 0 Å². The van der Waals surface area contributed by atoms with Gasteiger partial charge in [0.2, 0.25) is 0 Å². The Morgan fingerprint density at radius 2 is 1.95 bits per heavy atom. The first-order valence-electron chi connectivity index (χ1n) is 6.64. The molecule has 0 amide bonds. The number of aryl methyl sites for hydroxylation is 2. The van der Waals surface area contributed by atoms with E-state index in [0.29, 0.717) is 5.92 Å². The summed E-state index contributed by atoms with van der Waals surface area (Å²) in [6, 6.07) is 10.2. The predicted molar refractivity (Wildman–Crippen MR) is 81.5 cm³/mol. The monoisotopic (exact) mass is 252 g/mol. The summed E-state index contributed by atoms with van der Waals surface area (Å²) in [6.07, 6.45) is 3.62. The van der Waals surface area contributed by atoms with E-state index in [1.54, 1.807) is 6.20 Å². The molecule has 1 aromatic heterocycles. The van der Waals surface area contributed by atoms with Gasteiger partial charge in [-0.25, -0.2) is 0 Å². The summed E-state index contributed by atoms with van der Waals surface area (Å²) in [7, 11) is 0. The molecule has 0 atom stereocenters. The van der Waals surface area contributed by atoms with Gasteiger partial charge >= 0.3 is 0 Å². The Bertz CT molecular complexity index is 584. The van der Waals surface area contributed by atoms with Gasteiger partial charge in [-0.1, -0.05) is 37.6 Å². The second-order valence-corrected chi connectivity index (χ2v) is 5.19. The molecule has 0 aliphatic carbocycles. The quantitative estimate of drug-likeness (QED) is 0.734. The molecular weight excluding hydrogens is 232 g/mol. The van der Waals surface area contributed by atoms with E-state index in [-0.39, 0.29) is 0 Å². The molecule has 0 saturated carbocycles. The summed E-state index contributed by atoms with van der Waals surface area (Å²) in [5.74, 6) is 0.467. The molecule has 2 heteroatoms. The Balaban J connectivity index is 2.42. The molecule has 0 saturated heterocycles. The summed E-state index contributed by atoms with van der Waals surface area (Å²) in [5.41, 5.74) is 5.77. The van der Waals surface area contributed by atoms with Crippen LogP contribution in [0, 0.1) is 13.8 Å². The molecule has 0 N–H and O–H groups in total. The van der Waals surface area contributed by atoms with Crippen molar-refractivity contribution in [2.75, 3.05) is 0 Å².